The fraction of sp³-hybridized carbons (Fsp3) is 0.269. The number of anilines is 2. The minimum absolute atomic E-state index is 0.0292. The third-order valence-electron chi connectivity index (χ3n) is 6.64. The van der Waals surface area contributed by atoms with Gasteiger partial charge in [0, 0.05) is 11.8 Å². The SMILES string of the molecule is COc1ccc(-c2cc(Cc3ccc(F)c(F)c3)c3nc(N)nc(NC4(C(F)(F)F)CC4)c3n2)cc1S(C)(=O)=O. The molecule has 0 spiro atoms. The Balaban J connectivity index is 1.74. The molecule has 0 radical (unpaired) electrons. The maximum absolute atomic E-state index is 14.0. The fourth-order valence-electron chi connectivity index (χ4n) is 4.38. The predicted molar refractivity (Wildman–Crippen MR) is 138 cm³/mol. The number of nitrogens with zero attached hydrogens (tertiary/aromatic N) is 3. The normalized spacial score (nSPS) is 14.8. The number of pyridine rings is 1. The van der Waals surface area contributed by atoms with Gasteiger partial charge in [0.05, 0.1) is 12.8 Å². The van der Waals surface area contributed by atoms with Gasteiger partial charge in [0.2, 0.25) is 5.95 Å². The zero-order valence-electron chi connectivity index (χ0n) is 21.1. The first kappa shape index (κ1) is 27.5. The first-order valence-corrected chi connectivity index (χ1v) is 13.7. The average molecular weight is 580 g/mol. The van der Waals surface area contributed by atoms with E-state index in [1.54, 1.807) is 0 Å². The van der Waals surface area contributed by atoms with E-state index in [0.717, 1.165) is 18.4 Å². The molecule has 2 aromatic heterocycles. The molecule has 2 aromatic carbocycles. The molecule has 0 bridgehead atoms. The molecule has 0 unspecified atom stereocenters. The molecule has 210 valence electrons. The van der Waals surface area contributed by atoms with Crippen LogP contribution in [0.4, 0.5) is 33.7 Å². The first-order valence-electron chi connectivity index (χ1n) is 11.9. The monoisotopic (exact) mass is 579 g/mol. The molecule has 2 heterocycles. The number of aromatic nitrogens is 3. The van der Waals surface area contributed by atoms with Gasteiger partial charge in [0.15, 0.2) is 27.3 Å². The third-order valence-corrected chi connectivity index (χ3v) is 7.75. The number of nitrogen functional groups attached to an aromatic ring is 1. The van der Waals surface area contributed by atoms with E-state index < -0.39 is 33.2 Å². The highest BCUT2D eigenvalue weighted by atomic mass is 32.2. The van der Waals surface area contributed by atoms with Crippen LogP contribution >= 0.6 is 0 Å². The second kappa shape index (κ2) is 9.54. The molecule has 0 aliphatic heterocycles. The number of ether oxygens (including phenoxy) is 1. The summed E-state index contributed by atoms with van der Waals surface area (Å²) in [5.41, 5.74) is 4.87. The third kappa shape index (κ3) is 5.10. The van der Waals surface area contributed by atoms with Crippen LogP contribution < -0.4 is 15.8 Å². The molecule has 1 fully saturated rings. The second-order valence-electron chi connectivity index (χ2n) is 9.56. The molecule has 0 saturated heterocycles. The van der Waals surface area contributed by atoms with Crippen molar-refractivity contribution < 1.29 is 35.1 Å². The number of rotatable bonds is 7. The zero-order chi connectivity index (χ0) is 29.0. The smallest absolute Gasteiger partial charge is 0.411 e. The van der Waals surface area contributed by atoms with Gasteiger partial charge in [0.1, 0.15) is 27.2 Å². The lowest BCUT2D eigenvalue weighted by Crippen LogP contribution is -2.39. The highest BCUT2D eigenvalue weighted by Gasteiger charge is 2.64. The Labute approximate surface area is 225 Å². The van der Waals surface area contributed by atoms with Crippen LogP contribution in [0.25, 0.3) is 22.3 Å². The van der Waals surface area contributed by atoms with E-state index in [0.29, 0.717) is 16.7 Å². The summed E-state index contributed by atoms with van der Waals surface area (Å²) in [6, 6.07) is 9.11. The van der Waals surface area contributed by atoms with Crippen molar-refractivity contribution in [2.24, 2.45) is 0 Å². The van der Waals surface area contributed by atoms with Crippen LogP contribution in [0.5, 0.6) is 5.75 Å². The van der Waals surface area contributed by atoms with Gasteiger partial charge in [0.25, 0.3) is 0 Å². The second-order valence-corrected chi connectivity index (χ2v) is 11.5. The summed E-state index contributed by atoms with van der Waals surface area (Å²) in [7, 11) is -2.43. The molecule has 4 aromatic rings. The Hall–Kier alpha value is -4.07. The number of methoxy groups -OCH3 is 1. The minimum Gasteiger partial charge on any atom is -0.495 e. The molecule has 0 amide bonds. The largest absolute Gasteiger partial charge is 0.495 e. The summed E-state index contributed by atoms with van der Waals surface area (Å²) in [4.78, 5) is 12.6. The summed E-state index contributed by atoms with van der Waals surface area (Å²) in [5.74, 6) is -2.62. The van der Waals surface area contributed by atoms with Gasteiger partial charge >= 0.3 is 6.18 Å². The Morgan fingerprint density at radius 2 is 1.73 bits per heavy atom. The van der Waals surface area contributed by atoms with Crippen molar-refractivity contribution in [2.75, 3.05) is 24.4 Å². The molecular formula is C26H22F5N5O3S. The van der Waals surface area contributed by atoms with Gasteiger partial charge in [-0.25, -0.2) is 27.2 Å². The van der Waals surface area contributed by atoms with Crippen molar-refractivity contribution in [1.29, 1.82) is 0 Å². The first-order chi connectivity index (χ1) is 18.7. The van der Waals surface area contributed by atoms with Crippen LogP contribution in [0, 0.1) is 11.6 Å². The molecule has 14 heteroatoms. The molecule has 1 aliphatic carbocycles. The van der Waals surface area contributed by atoms with Crippen LogP contribution in [0.15, 0.2) is 47.4 Å². The number of fused-ring (bicyclic) bond motifs is 1. The summed E-state index contributed by atoms with van der Waals surface area (Å²) in [6.45, 7) is 0. The molecule has 5 rings (SSSR count). The van der Waals surface area contributed by atoms with Crippen LogP contribution in [-0.2, 0) is 16.3 Å². The van der Waals surface area contributed by atoms with Gasteiger partial charge in [-0.15, -0.1) is 0 Å². The zero-order valence-corrected chi connectivity index (χ0v) is 21.9. The van der Waals surface area contributed by atoms with Crippen molar-refractivity contribution in [3.63, 3.8) is 0 Å². The standard InChI is InChI=1S/C26H22F5N5O3S/c1-39-19-6-4-14(12-20(19)40(2,37)38)18-11-15(9-13-3-5-16(27)17(28)10-13)21-22(33-18)23(35-24(32)34-21)36-25(7-8-25)26(29,30)31/h3-6,10-12H,7-9H2,1-2H3,(H3,32,34,35,36). The average Bonchev–Trinajstić information content (AvgIpc) is 3.66. The van der Waals surface area contributed by atoms with Crippen molar-refractivity contribution in [2.45, 2.75) is 35.9 Å². The summed E-state index contributed by atoms with van der Waals surface area (Å²) >= 11 is 0. The molecule has 40 heavy (non-hydrogen) atoms. The number of sulfone groups is 1. The number of benzene rings is 2. The van der Waals surface area contributed by atoms with Gasteiger partial charge < -0.3 is 15.8 Å². The van der Waals surface area contributed by atoms with E-state index in [-0.39, 0.29) is 58.4 Å². The van der Waals surface area contributed by atoms with E-state index in [1.165, 1.54) is 37.4 Å². The van der Waals surface area contributed by atoms with Gasteiger partial charge in [-0.05, 0) is 66.8 Å². The van der Waals surface area contributed by atoms with Gasteiger partial charge in [-0.2, -0.15) is 18.2 Å². The van der Waals surface area contributed by atoms with E-state index in [4.69, 9.17) is 10.5 Å². The van der Waals surface area contributed by atoms with E-state index in [1.807, 2.05) is 0 Å². The van der Waals surface area contributed by atoms with Crippen LogP contribution in [-0.4, -0.2) is 48.5 Å². The van der Waals surface area contributed by atoms with E-state index in [2.05, 4.69) is 20.3 Å². The number of nitrogens with two attached hydrogens (primary N) is 1. The molecule has 1 aliphatic rings. The molecule has 8 nitrogen and oxygen atoms in total. The van der Waals surface area contributed by atoms with Crippen LogP contribution in [0.3, 0.4) is 0 Å². The summed E-state index contributed by atoms with van der Waals surface area (Å²) in [5, 5.41) is 2.45. The summed E-state index contributed by atoms with van der Waals surface area (Å²) in [6.07, 6.45) is -3.97. The Bertz CT molecular complexity index is 1760. The lowest BCUT2D eigenvalue weighted by Gasteiger charge is -2.22. The van der Waals surface area contributed by atoms with Gasteiger partial charge in [-0.3, -0.25) is 0 Å². The lowest BCUT2D eigenvalue weighted by molar-refractivity contribution is -0.151. The Kier molecular flexibility index (Phi) is 6.56. The van der Waals surface area contributed by atoms with Crippen molar-refractivity contribution >= 4 is 32.6 Å². The lowest BCUT2D eigenvalue weighted by atomic mass is 10.0. The van der Waals surface area contributed by atoms with Crippen LogP contribution in [0.2, 0.25) is 0 Å². The maximum Gasteiger partial charge on any atom is 0.411 e. The molecule has 0 atom stereocenters. The molecule has 3 N–H and O–H groups in total. The Morgan fingerprint density at radius 1 is 1.00 bits per heavy atom. The molecule has 1 saturated carbocycles. The Morgan fingerprint density at radius 3 is 2.33 bits per heavy atom. The number of halogens is 5. The van der Waals surface area contributed by atoms with Crippen molar-refractivity contribution in [3.8, 4) is 17.0 Å². The van der Waals surface area contributed by atoms with Crippen LogP contribution in [0.1, 0.15) is 24.0 Å². The minimum atomic E-state index is -4.58. The highest BCUT2D eigenvalue weighted by Crippen LogP contribution is 2.51. The molecular weight excluding hydrogens is 557 g/mol. The number of hydrogen-bond acceptors (Lipinski definition) is 8. The summed E-state index contributed by atoms with van der Waals surface area (Å²) < 4.78 is 98.9. The quantitative estimate of drug-likeness (QED) is 0.292. The number of alkyl halides is 3. The topological polar surface area (TPSA) is 120 Å². The van der Waals surface area contributed by atoms with Gasteiger partial charge in [-0.1, -0.05) is 6.07 Å². The number of hydrogen-bond donors (Lipinski definition) is 2. The number of nitrogens with one attached hydrogen (secondary N) is 1. The van der Waals surface area contributed by atoms with E-state index >= 15 is 0 Å². The fourth-order valence-corrected chi connectivity index (χ4v) is 5.24. The predicted octanol–water partition coefficient (Wildman–Crippen LogP) is 5.06. The highest BCUT2D eigenvalue weighted by molar-refractivity contribution is 7.90. The van der Waals surface area contributed by atoms with E-state index in [9.17, 15) is 30.4 Å². The maximum atomic E-state index is 14.0. The van der Waals surface area contributed by atoms with Crippen molar-refractivity contribution in [1.82, 2.24) is 15.0 Å². The van der Waals surface area contributed by atoms with Crippen molar-refractivity contribution in [3.05, 3.63) is 65.2 Å².